The van der Waals surface area contributed by atoms with Crippen molar-refractivity contribution in [1.82, 2.24) is 10.3 Å². The van der Waals surface area contributed by atoms with Crippen molar-refractivity contribution >= 4 is 28.4 Å². The van der Waals surface area contributed by atoms with Crippen molar-refractivity contribution in [3.8, 4) is 0 Å². The number of carbonyl (C=O) groups is 1. The average molecular weight is 278 g/mol. The van der Waals surface area contributed by atoms with E-state index in [1.807, 2.05) is 6.92 Å². The first-order chi connectivity index (χ1) is 9.60. The standard InChI is InChI=1S/C13H18N4O3/c1-2-4-16-12(18)3-5-15-9-7-10-11(6-8(9)14)20-13(19)17-10/h6-7,15H,2-5,14H2,1H3,(H,16,18)(H,17,19). The molecular formula is C13H18N4O3. The quantitative estimate of drug-likeness (QED) is 0.589. The summed E-state index contributed by atoms with van der Waals surface area (Å²) in [5.74, 6) is -0.522. The topological polar surface area (TPSA) is 113 Å². The van der Waals surface area contributed by atoms with Gasteiger partial charge in [0.1, 0.15) is 0 Å². The fraction of sp³-hybridized carbons (Fsp3) is 0.385. The average Bonchev–Trinajstić information content (AvgIpc) is 2.75. The van der Waals surface area contributed by atoms with Crippen molar-refractivity contribution in [3.05, 3.63) is 22.7 Å². The molecule has 0 spiro atoms. The number of benzene rings is 1. The number of nitrogens with two attached hydrogens (primary N) is 1. The molecule has 0 saturated heterocycles. The van der Waals surface area contributed by atoms with Crippen LogP contribution < -0.4 is 22.1 Å². The van der Waals surface area contributed by atoms with Gasteiger partial charge in [-0.2, -0.15) is 0 Å². The Kier molecular flexibility index (Phi) is 4.29. The third kappa shape index (κ3) is 3.31. The Bertz CT molecular complexity index is 659. The van der Waals surface area contributed by atoms with Crippen LogP contribution in [-0.4, -0.2) is 24.0 Å². The highest BCUT2D eigenvalue weighted by molar-refractivity contribution is 5.85. The third-order valence-corrected chi connectivity index (χ3v) is 2.83. The molecule has 20 heavy (non-hydrogen) atoms. The molecule has 2 rings (SSSR count). The number of amides is 1. The van der Waals surface area contributed by atoms with E-state index in [0.29, 0.717) is 42.0 Å². The van der Waals surface area contributed by atoms with Gasteiger partial charge in [0.2, 0.25) is 5.91 Å². The summed E-state index contributed by atoms with van der Waals surface area (Å²) in [5, 5.41) is 5.87. The number of nitrogen functional groups attached to an aromatic ring is 1. The van der Waals surface area contributed by atoms with Gasteiger partial charge in [0.25, 0.3) is 0 Å². The SMILES string of the molecule is CCCNC(=O)CCNc1cc2[nH]c(=O)oc2cc1N. The number of carbonyl (C=O) groups excluding carboxylic acids is 1. The van der Waals surface area contributed by atoms with Gasteiger partial charge in [-0.1, -0.05) is 6.92 Å². The van der Waals surface area contributed by atoms with Gasteiger partial charge in [0.15, 0.2) is 5.58 Å². The van der Waals surface area contributed by atoms with E-state index in [0.717, 1.165) is 6.42 Å². The first kappa shape index (κ1) is 14.0. The molecule has 0 unspecified atom stereocenters. The second-order valence-electron chi connectivity index (χ2n) is 4.48. The maximum Gasteiger partial charge on any atom is 0.417 e. The monoisotopic (exact) mass is 278 g/mol. The van der Waals surface area contributed by atoms with Gasteiger partial charge in [-0.3, -0.25) is 9.78 Å². The summed E-state index contributed by atoms with van der Waals surface area (Å²) in [7, 11) is 0. The Labute approximate surface area is 115 Å². The van der Waals surface area contributed by atoms with E-state index in [-0.39, 0.29) is 5.91 Å². The van der Waals surface area contributed by atoms with Crippen LogP contribution in [-0.2, 0) is 4.79 Å². The summed E-state index contributed by atoms with van der Waals surface area (Å²) in [6, 6.07) is 3.27. The molecule has 0 bridgehead atoms. The van der Waals surface area contributed by atoms with Crippen molar-refractivity contribution < 1.29 is 9.21 Å². The number of fused-ring (bicyclic) bond motifs is 1. The zero-order chi connectivity index (χ0) is 14.5. The zero-order valence-corrected chi connectivity index (χ0v) is 11.3. The van der Waals surface area contributed by atoms with Gasteiger partial charge >= 0.3 is 5.76 Å². The minimum absolute atomic E-state index is 0.00397. The molecular weight excluding hydrogens is 260 g/mol. The Morgan fingerprint density at radius 2 is 2.20 bits per heavy atom. The molecule has 0 aliphatic heterocycles. The van der Waals surface area contributed by atoms with E-state index < -0.39 is 5.76 Å². The molecule has 1 aromatic carbocycles. The zero-order valence-electron chi connectivity index (χ0n) is 11.3. The van der Waals surface area contributed by atoms with Crippen LogP contribution >= 0.6 is 0 Å². The van der Waals surface area contributed by atoms with Crippen LogP contribution in [0.4, 0.5) is 11.4 Å². The van der Waals surface area contributed by atoms with Crippen LogP contribution in [0.1, 0.15) is 19.8 Å². The second kappa shape index (κ2) is 6.14. The smallest absolute Gasteiger partial charge is 0.408 e. The van der Waals surface area contributed by atoms with Crippen molar-refractivity contribution in [2.24, 2.45) is 0 Å². The predicted molar refractivity (Wildman–Crippen MR) is 77.7 cm³/mol. The Morgan fingerprint density at radius 3 is 2.95 bits per heavy atom. The van der Waals surface area contributed by atoms with Crippen LogP contribution in [0.25, 0.3) is 11.1 Å². The molecule has 5 N–H and O–H groups in total. The fourth-order valence-corrected chi connectivity index (χ4v) is 1.83. The highest BCUT2D eigenvalue weighted by atomic mass is 16.4. The summed E-state index contributed by atoms with van der Waals surface area (Å²) in [5.41, 5.74) is 7.97. The summed E-state index contributed by atoms with van der Waals surface area (Å²) < 4.78 is 4.91. The lowest BCUT2D eigenvalue weighted by Gasteiger charge is -2.09. The number of oxazole rings is 1. The number of hydrogen-bond donors (Lipinski definition) is 4. The van der Waals surface area contributed by atoms with E-state index in [4.69, 9.17) is 10.2 Å². The van der Waals surface area contributed by atoms with Gasteiger partial charge in [-0.05, 0) is 12.5 Å². The third-order valence-electron chi connectivity index (χ3n) is 2.83. The lowest BCUT2D eigenvalue weighted by molar-refractivity contribution is -0.120. The lowest BCUT2D eigenvalue weighted by atomic mass is 10.2. The van der Waals surface area contributed by atoms with E-state index in [1.165, 1.54) is 0 Å². The summed E-state index contributed by atoms with van der Waals surface area (Å²) in [4.78, 5) is 25.1. The first-order valence-corrected chi connectivity index (χ1v) is 6.53. The molecule has 7 heteroatoms. The Balaban J connectivity index is 1.97. The van der Waals surface area contributed by atoms with Gasteiger partial charge in [-0.25, -0.2) is 4.79 Å². The van der Waals surface area contributed by atoms with Crippen molar-refractivity contribution in [3.63, 3.8) is 0 Å². The normalized spacial score (nSPS) is 10.7. The van der Waals surface area contributed by atoms with Crippen LogP contribution in [0.5, 0.6) is 0 Å². The maximum atomic E-state index is 11.4. The number of aromatic amines is 1. The molecule has 108 valence electrons. The van der Waals surface area contributed by atoms with Gasteiger partial charge in [0.05, 0.1) is 16.9 Å². The minimum atomic E-state index is -0.518. The number of hydrogen-bond acceptors (Lipinski definition) is 5. The molecule has 1 amide bonds. The van der Waals surface area contributed by atoms with E-state index in [2.05, 4.69) is 15.6 Å². The van der Waals surface area contributed by atoms with Gasteiger partial charge in [0, 0.05) is 25.6 Å². The van der Waals surface area contributed by atoms with Crippen molar-refractivity contribution in [2.45, 2.75) is 19.8 Å². The molecule has 7 nitrogen and oxygen atoms in total. The number of H-pyrrole nitrogens is 1. The molecule has 0 aliphatic carbocycles. The number of rotatable bonds is 6. The first-order valence-electron chi connectivity index (χ1n) is 6.53. The molecule has 2 aromatic rings. The van der Waals surface area contributed by atoms with E-state index in [1.54, 1.807) is 12.1 Å². The van der Waals surface area contributed by atoms with Crippen LogP contribution in [0.15, 0.2) is 21.3 Å². The summed E-state index contributed by atoms with van der Waals surface area (Å²) >= 11 is 0. The molecule has 0 atom stereocenters. The Hall–Kier alpha value is -2.44. The minimum Gasteiger partial charge on any atom is -0.408 e. The predicted octanol–water partition coefficient (Wildman–Crippen LogP) is 1.03. The molecule has 0 aliphatic rings. The number of nitrogens with one attached hydrogen (secondary N) is 3. The molecule has 1 heterocycles. The second-order valence-corrected chi connectivity index (χ2v) is 4.48. The number of anilines is 2. The maximum absolute atomic E-state index is 11.4. The van der Waals surface area contributed by atoms with Crippen molar-refractivity contribution in [2.75, 3.05) is 24.1 Å². The molecule has 1 aromatic heterocycles. The molecule has 0 saturated carbocycles. The van der Waals surface area contributed by atoms with Crippen molar-refractivity contribution in [1.29, 1.82) is 0 Å². The number of aromatic nitrogens is 1. The highest BCUT2D eigenvalue weighted by Gasteiger charge is 2.07. The summed E-state index contributed by atoms with van der Waals surface area (Å²) in [6.07, 6.45) is 1.27. The van der Waals surface area contributed by atoms with E-state index >= 15 is 0 Å². The largest absolute Gasteiger partial charge is 0.417 e. The van der Waals surface area contributed by atoms with Crippen LogP contribution in [0.3, 0.4) is 0 Å². The molecule has 0 radical (unpaired) electrons. The lowest BCUT2D eigenvalue weighted by Crippen LogP contribution is -2.25. The van der Waals surface area contributed by atoms with Crippen LogP contribution in [0.2, 0.25) is 0 Å². The highest BCUT2D eigenvalue weighted by Crippen LogP contribution is 2.24. The van der Waals surface area contributed by atoms with Gasteiger partial charge < -0.3 is 20.8 Å². The van der Waals surface area contributed by atoms with Gasteiger partial charge in [-0.15, -0.1) is 0 Å². The Morgan fingerprint density at radius 1 is 1.40 bits per heavy atom. The fourth-order valence-electron chi connectivity index (χ4n) is 1.83. The van der Waals surface area contributed by atoms with E-state index in [9.17, 15) is 9.59 Å². The molecule has 0 fully saturated rings. The van der Waals surface area contributed by atoms with Crippen LogP contribution in [0, 0.1) is 0 Å². The summed E-state index contributed by atoms with van der Waals surface area (Å²) in [6.45, 7) is 3.15.